The minimum Gasteiger partial charge on any atom is -0.463 e. The van der Waals surface area contributed by atoms with E-state index in [1.165, 1.54) is 70.3 Å². The third-order valence-electron chi connectivity index (χ3n) is 5.38. The van der Waals surface area contributed by atoms with Crippen LogP contribution in [0, 0.1) is 17.8 Å². The van der Waals surface area contributed by atoms with E-state index in [0.717, 1.165) is 24.2 Å². The highest BCUT2D eigenvalue weighted by Gasteiger charge is 2.28. The van der Waals surface area contributed by atoms with Crippen molar-refractivity contribution in [2.75, 3.05) is 6.61 Å². The van der Waals surface area contributed by atoms with Gasteiger partial charge in [-0.2, -0.15) is 0 Å². The normalized spacial score (nSPS) is 24.3. The van der Waals surface area contributed by atoms with Crippen LogP contribution in [0.25, 0.3) is 0 Å². The molecule has 0 saturated heterocycles. The molecule has 2 saturated carbocycles. The summed E-state index contributed by atoms with van der Waals surface area (Å²) in [7, 11) is 0. The molecule has 0 aromatic heterocycles. The summed E-state index contributed by atoms with van der Waals surface area (Å²) in [6.45, 7) is 3.97. The van der Waals surface area contributed by atoms with E-state index in [1.807, 2.05) is 0 Å². The SMILES string of the molecule is C=CC(=O)OCCC[C@H]1CC[C@H](C2CCCCC2)CC1.O=C(O)O. The van der Waals surface area contributed by atoms with Gasteiger partial charge in [-0.3, -0.25) is 0 Å². The van der Waals surface area contributed by atoms with Crippen molar-refractivity contribution in [3.05, 3.63) is 12.7 Å². The van der Waals surface area contributed by atoms with E-state index in [-0.39, 0.29) is 5.97 Å². The molecule has 2 rings (SSSR count). The van der Waals surface area contributed by atoms with E-state index in [1.54, 1.807) is 0 Å². The second-order valence-electron chi connectivity index (χ2n) is 6.98. The minimum atomic E-state index is -1.83. The smallest absolute Gasteiger partial charge is 0.463 e. The van der Waals surface area contributed by atoms with Crippen LogP contribution < -0.4 is 0 Å². The first-order valence-corrected chi connectivity index (χ1v) is 9.24. The quantitative estimate of drug-likeness (QED) is 0.399. The zero-order valence-corrected chi connectivity index (χ0v) is 14.6. The highest BCUT2D eigenvalue weighted by atomic mass is 16.6. The number of carboxylic acid groups (broad SMARTS) is 2. The van der Waals surface area contributed by atoms with Crippen LogP contribution >= 0.6 is 0 Å². The van der Waals surface area contributed by atoms with Crippen LogP contribution in [-0.2, 0) is 9.53 Å². The lowest BCUT2D eigenvalue weighted by molar-refractivity contribution is -0.137. The summed E-state index contributed by atoms with van der Waals surface area (Å²) in [5.74, 6) is 2.65. The summed E-state index contributed by atoms with van der Waals surface area (Å²) in [5.41, 5.74) is 0. The van der Waals surface area contributed by atoms with Gasteiger partial charge in [0.25, 0.3) is 0 Å². The molecule has 0 bridgehead atoms. The van der Waals surface area contributed by atoms with E-state index in [0.29, 0.717) is 6.61 Å². The monoisotopic (exact) mass is 340 g/mol. The zero-order valence-electron chi connectivity index (χ0n) is 14.6. The van der Waals surface area contributed by atoms with Crippen molar-refractivity contribution >= 4 is 12.1 Å². The molecule has 0 atom stereocenters. The Morgan fingerprint density at radius 3 is 2.04 bits per heavy atom. The molecule has 2 aliphatic rings. The predicted octanol–water partition coefficient (Wildman–Crippen LogP) is 5.10. The molecule has 2 N–H and O–H groups in total. The summed E-state index contributed by atoms with van der Waals surface area (Å²) in [4.78, 5) is 19.5. The topological polar surface area (TPSA) is 83.8 Å². The van der Waals surface area contributed by atoms with E-state index in [2.05, 4.69) is 6.58 Å². The van der Waals surface area contributed by atoms with Gasteiger partial charge in [0.15, 0.2) is 0 Å². The number of carbonyl (C=O) groups is 2. The Balaban J connectivity index is 0.000000648. The van der Waals surface area contributed by atoms with Crippen LogP contribution in [0.4, 0.5) is 4.79 Å². The lowest BCUT2D eigenvalue weighted by Gasteiger charge is -2.35. The third kappa shape index (κ3) is 8.94. The van der Waals surface area contributed by atoms with Gasteiger partial charge in [-0.25, -0.2) is 9.59 Å². The van der Waals surface area contributed by atoms with Crippen molar-refractivity contribution < 1.29 is 24.5 Å². The van der Waals surface area contributed by atoms with Crippen LogP contribution in [0.5, 0.6) is 0 Å². The van der Waals surface area contributed by atoms with E-state index >= 15 is 0 Å². The van der Waals surface area contributed by atoms with E-state index < -0.39 is 6.16 Å². The summed E-state index contributed by atoms with van der Waals surface area (Å²) in [6, 6.07) is 0. The van der Waals surface area contributed by atoms with E-state index in [4.69, 9.17) is 19.7 Å². The van der Waals surface area contributed by atoms with Crippen LogP contribution in [0.1, 0.15) is 70.6 Å². The van der Waals surface area contributed by atoms with Crippen molar-refractivity contribution in [2.45, 2.75) is 70.6 Å². The molecule has 0 aliphatic heterocycles. The van der Waals surface area contributed by atoms with Gasteiger partial charge < -0.3 is 14.9 Å². The summed E-state index contributed by atoms with van der Waals surface area (Å²) in [6.07, 6.45) is 14.7. The maximum Gasteiger partial charge on any atom is 0.503 e. The van der Waals surface area contributed by atoms with Gasteiger partial charge in [-0.15, -0.1) is 0 Å². The van der Waals surface area contributed by atoms with Gasteiger partial charge in [0.05, 0.1) is 6.61 Å². The molecule has 5 heteroatoms. The van der Waals surface area contributed by atoms with Crippen molar-refractivity contribution in [1.29, 1.82) is 0 Å². The highest BCUT2D eigenvalue weighted by molar-refractivity contribution is 5.81. The second kappa shape index (κ2) is 11.9. The van der Waals surface area contributed by atoms with Crippen molar-refractivity contribution in [2.24, 2.45) is 17.8 Å². The average Bonchev–Trinajstić information content (AvgIpc) is 2.59. The van der Waals surface area contributed by atoms with Crippen LogP contribution in [-0.4, -0.2) is 28.9 Å². The third-order valence-corrected chi connectivity index (χ3v) is 5.38. The Labute approximate surface area is 145 Å². The number of rotatable bonds is 6. The molecular weight excluding hydrogens is 308 g/mol. The zero-order chi connectivity index (χ0) is 17.8. The molecular formula is C19H32O5. The average molecular weight is 340 g/mol. The maximum atomic E-state index is 10.9. The fourth-order valence-corrected chi connectivity index (χ4v) is 4.16. The molecule has 138 valence electrons. The maximum absolute atomic E-state index is 10.9. The molecule has 0 heterocycles. The predicted molar refractivity (Wildman–Crippen MR) is 93.1 cm³/mol. The van der Waals surface area contributed by atoms with Crippen LogP contribution in [0.2, 0.25) is 0 Å². The fraction of sp³-hybridized carbons (Fsp3) is 0.789. The first kappa shape index (κ1) is 20.5. The summed E-state index contributed by atoms with van der Waals surface area (Å²) < 4.78 is 5.04. The number of ether oxygens (including phenoxy) is 1. The second-order valence-corrected chi connectivity index (χ2v) is 6.98. The standard InChI is InChI=1S/C18H30O2.CH2O3/c1-2-18(19)20-14-6-7-15-10-12-17(13-11-15)16-8-4-3-5-9-16;2-1(3)4/h2,15-17H,1,3-14H2;(H2,2,3,4)/t15-,17-;. The Kier molecular flexibility index (Phi) is 10.2. The molecule has 2 aliphatic carbocycles. The van der Waals surface area contributed by atoms with E-state index in [9.17, 15) is 4.79 Å². The Hall–Kier alpha value is -1.52. The first-order valence-electron chi connectivity index (χ1n) is 9.24. The number of carbonyl (C=O) groups excluding carboxylic acids is 1. The van der Waals surface area contributed by atoms with Gasteiger partial charge in [0.1, 0.15) is 0 Å². The molecule has 0 radical (unpaired) electrons. The van der Waals surface area contributed by atoms with Crippen molar-refractivity contribution in [3.63, 3.8) is 0 Å². The van der Waals surface area contributed by atoms with Gasteiger partial charge in [-0.05, 0) is 43.4 Å². The number of hydrogen-bond donors (Lipinski definition) is 2. The molecule has 0 aromatic carbocycles. The molecule has 0 amide bonds. The molecule has 24 heavy (non-hydrogen) atoms. The highest BCUT2D eigenvalue weighted by Crippen LogP contribution is 2.40. The lowest BCUT2D eigenvalue weighted by atomic mass is 9.70. The number of hydrogen-bond acceptors (Lipinski definition) is 3. The summed E-state index contributed by atoms with van der Waals surface area (Å²) >= 11 is 0. The lowest BCUT2D eigenvalue weighted by Crippen LogP contribution is -2.23. The van der Waals surface area contributed by atoms with Crippen LogP contribution in [0.15, 0.2) is 12.7 Å². The minimum absolute atomic E-state index is 0.286. The molecule has 0 spiro atoms. The van der Waals surface area contributed by atoms with Gasteiger partial charge >= 0.3 is 12.1 Å². The Morgan fingerprint density at radius 2 is 1.50 bits per heavy atom. The van der Waals surface area contributed by atoms with Crippen molar-refractivity contribution in [3.8, 4) is 0 Å². The molecule has 0 unspecified atom stereocenters. The largest absolute Gasteiger partial charge is 0.503 e. The Bertz CT molecular complexity index is 375. The molecule has 2 fully saturated rings. The van der Waals surface area contributed by atoms with Gasteiger partial charge in [0.2, 0.25) is 0 Å². The Morgan fingerprint density at radius 1 is 0.958 bits per heavy atom. The summed E-state index contributed by atoms with van der Waals surface area (Å²) in [5, 5.41) is 13.9. The molecule has 0 aromatic rings. The fourth-order valence-electron chi connectivity index (χ4n) is 4.16. The first-order chi connectivity index (χ1) is 11.5. The van der Waals surface area contributed by atoms with Gasteiger partial charge in [0, 0.05) is 6.08 Å². The van der Waals surface area contributed by atoms with Crippen LogP contribution in [0.3, 0.4) is 0 Å². The van der Waals surface area contributed by atoms with Crippen molar-refractivity contribution in [1.82, 2.24) is 0 Å². The molecule has 5 nitrogen and oxygen atoms in total. The number of esters is 1. The van der Waals surface area contributed by atoms with Gasteiger partial charge in [-0.1, -0.05) is 51.5 Å².